The Balaban J connectivity index is 1.75. The van der Waals surface area contributed by atoms with E-state index in [2.05, 4.69) is 4.98 Å². The predicted octanol–water partition coefficient (Wildman–Crippen LogP) is 2.40. The molecule has 2 atom stereocenters. The van der Waals surface area contributed by atoms with Crippen molar-refractivity contribution in [3.63, 3.8) is 0 Å². The Labute approximate surface area is 94.4 Å². The van der Waals surface area contributed by atoms with E-state index < -0.39 is 0 Å². The van der Waals surface area contributed by atoms with Gasteiger partial charge in [-0.3, -0.25) is 0 Å². The largest absolute Gasteiger partial charge is 0.396 e. The zero-order valence-electron chi connectivity index (χ0n) is 9.07. The van der Waals surface area contributed by atoms with Crippen LogP contribution in [0.4, 0.5) is 0 Å². The molecule has 0 amide bonds. The van der Waals surface area contributed by atoms with E-state index in [-0.39, 0.29) is 5.41 Å². The quantitative estimate of drug-likeness (QED) is 0.853. The van der Waals surface area contributed by atoms with E-state index >= 15 is 0 Å². The first-order valence-electron chi connectivity index (χ1n) is 5.73. The van der Waals surface area contributed by atoms with Crippen molar-refractivity contribution in [3.05, 3.63) is 16.1 Å². The van der Waals surface area contributed by atoms with Crippen molar-refractivity contribution in [2.75, 3.05) is 6.61 Å². The van der Waals surface area contributed by atoms with Crippen LogP contribution in [0.25, 0.3) is 0 Å². The van der Waals surface area contributed by atoms with Crippen LogP contribution in [0.15, 0.2) is 6.20 Å². The molecule has 0 aromatic carbocycles. The molecule has 1 aromatic rings. The summed E-state index contributed by atoms with van der Waals surface area (Å²) in [4.78, 5) is 5.64. The second kappa shape index (κ2) is 3.29. The Morgan fingerprint density at radius 1 is 1.53 bits per heavy atom. The van der Waals surface area contributed by atoms with E-state index in [0.717, 1.165) is 23.3 Å². The van der Waals surface area contributed by atoms with Gasteiger partial charge in [-0.1, -0.05) is 0 Å². The molecule has 82 valence electrons. The van der Waals surface area contributed by atoms with Crippen LogP contribution in [0.1, 0.15) is 29.1 Å². The number of hydrogen-bond acceptors (Lipinski definition) is 3. The highest BCUT2D eigenvalue weighted by molar-refractivity contribution is 7.11. The Bertz CT molecular complexity index is 363. The molecular weight excluding hydrogens is 206 g/mol. The number of aliphatic hydroxyl groups excluding tert-OH is 1. The van der Waals surface area contributed by atoms with E-state index in [1.54, 1.807) is 11.3 Å². The van der Waals surface area contributed by atoms with Gasteiger partial charge in [0.2, 0.25) is 0 Å². The normalized spacial score (nSPS) is 38.0. The molecule has 1 heterocycles. The first kappa shape index (κ1) is 9.79. The Hall–Kier alpha value is -0.410. The average Bonchev–Trinajstić information content (AvgIpc) is 2.65. The van der Waals surface area contributed by atoms with Crippen LogP contribution < -0.4 is 0 Å². The molecular formula is C12H17NOS. The lowest BCUT2D eigenvalue weighted by molar-refractivity contribution is 0.118. The minimum absolute atomic E-state index is 0.201. The van der Waals surface area contributed by atoms with Gasteiger partial charge in [0.15, 0.2) is 0 Å². The van der Waals surface area contributed by atoms with Gasteiger partial charge in [-0.25, -0.2) is 4.98 Å². The molecule has 3 heteroatoms. The summed E-state index contributed by atoms with van der Waals surface area (Å²) >= 11 is 1.78. The highest BCUT2D eigenvalue weighted by Crippen LogP contribution is 2.60. The summed E-state index contributed by atoms with van der Waals surface area (Å²) in [6.45, 7) is 2.41. The lowest BCUT2D eigenvalue weighted by atomic mass is 9.80. The van der Waals surface area contributed by atoms with Gasteiger partial charge in [0, 0.05) is 17.7 Å². The molecule has 0 aliphatic heterocycles. The van der Waals surface area contributed by atoms with Crippen molar-refractivity contribution in [3.8, 4) is 0 Å². The lowest BCUT2D eigenvalue weighted by Crippen LogP contribution is -2.26. The smallest absolute Gasteiger partial charge is 0.0896 e. The third-order valence-electron chi connectivity index (χ3n) is 4.01. The molecule has 0 radical (unpaired) electrons. The van der Waals surface area contributed by atoms with Gasteiger partial charge in [-0.05, 0) is 49.9 Å². The summed E-state index contributed by atoms with van der Waals surface area (Å²) in [6.07, 6.45) is 6.93. The third kappa shape index (κ3) is 1.72. The monoisotopic (exact) mass is 223 g/mol. The molecule has 2 unspecified atom stereocenters. The van der Waals surface area contributed by atoms with Gasteiger partial charge < -0.3 is 5.11 Å². The Kier molecular flexibility index (Phi) is 2.15. The predicted molar refractivity (Wildman–Crippen MR) is 60.9 cm³/mol. The first-order chi connectivity index (χ1) is 7.21. The molecule has 1 N–H and O–H groups in total. The summed E-state index contributed by atoms with van der Waals surface area (Å²) in [5.41, 5.74) is 0.201. The van der Waals surface area contributed by atoms with Gasteiger partial charge in [-0.15, -0.1) is 11.3 Å². The van der Waals surface area contributed by atoms with Crippen LogP contribution in [0.3, 0.4) is 0 Å². The fourth-order valence-electron chi connectivity index (χ4n) is 3.19. The molecule has 2 nitrogen and oxygen atoms in total. The zero-order chi connectivity index (χ0) is 10.5. The summed E-state index contributed by atoms with van der Waals surface area (Å²) in [5.74, 6) is 1.87. The fourth-order valence-corrected chi connectivity index (χ4v) is 4.16. The summed E-state index contributed by atoms with van der Waals surface area (Å²) in [6, 6.07) is 0. The number of thiazole rings is 1. The number of aryl methyl sites for hydroxylation is 1. The highest BCUT2D eigenvalue weighted by atomic mass is 32.1. The first-order valence-corrected chi connectivity index (χ1v) is 6.55. The van der Waals surface area contributed by atoms with E-state index in [1.165, 1.54) is 24.1 Å². The number of rotatable bonds is 3. The van der Waals surface area contributed by atoms with Crippen LogP contribution in [-0.4, -0.2) is 16.7 Å². The second-order valence-corrected chi connectivity index (χ2v) is 6.66. The maximum absolute atomic E-state index is 9.61. The van der Waals surface area contributed by atoms with Gasteiger partial charge in [0.05, 0.1) is 5.01 Å². The van der Waals surface area contributed by atoms with Gasteiger partial charge in [-0.2, -0.15) is 0 Å². The minimum atomic E-state index is 0.201. The SMILES string of the molecule is Cc1ncc(CC2(CO)CC3CC3C2)s1. The maximum Gasteiger partial charge on any atom is 0.0896 e. The number of nitrogens with zero attached hydrogens (tertiary/aromatic N) is 1. The molecule has 0 bridgehead atoms. The number of aromatic nitrogens is 1. The molecule has 2 fully saturated rings. The van der Waals surface area contributed by atoms with Gasteiger partial charge in [0.1, 0.15) is 0 Å². The average molecular weight is 223 g/mol. The molecule has 2 saturated carbocycles. The van der Waals surface area contributed by atoms with E-state index in [9.17, 15) is 5.11 Å². The summed E-state index contributed by atoms with van der Waals surface area (Å²) in [7, 11) is 0. The van der Waals surface area contributed by atoms with Crippen LogP contribution in [0.5, 0.6) is 0 Å². The molecule has 2 aliphatic rings. The molecule has 15 heavy (non-hydrogen) atoms. The molecule has 0 spiro atoms. The van der Waals surface area contributed by atoms with Crippen molar-refractivity contribution in [2.45, 2.75) is 32.6 Å². The van der Waals surface area contributed by atoms with E-state index in [1.807, 2.05) is 13.1 Å². The number of fused-ring (bicyclic) bond motifs is 1. The van der Waals surface area contributed by atoms with Crippen molar-refractivity contribution in [1.29, 1.82) is 0 Å². The second-order valence-electron chi connectivity index (χ2n) is 5.34. The Morgan fingerprint density at radius 3 is 2.80 bits per heavy atom. The van der Waals surface area contributed by atoms with Crippen molar-refractivity contribution >= 4 is 11.3 Å². The van der Waals surface area contributed by atoms with E-state index in [0.29, 0.717) is 6.61 Å². The fraction of sp³-hybridized carbons (Fsp3) is 0.750. The summed E-state index contributed by atoms with van der Waals surface area (Å²) < 4.78 is 0. The van der Waals surface area contributed by atoms with E-state index in [4.69, 9.17) is 0 Å². The minimum Gasteiger partial charge on any atom is -0.396 e. The van der Waals surface area contributed by atoms with Crippen LogP contribution in [0.2, 0.25) is 0 Å². The molecule has 1 aromatic heterocycles. The highest BCUT2D eigenvalue weighted by Gasteiger charge is 2.53. The summed E-state index contributed by atoms with van der Waals surface area (Å²) in [5, 5.41) is 10.7. The molecule has 2 aliphatic carbocycles. The maximum atomic E-state index is 9.61. The third-order valence-corrected chi connectivity index (χ3v) is 4.93. The zero-order valence-corrected chi connectivity index (χ0v) is 9.89. The van der Waals surface area contributed by atoms with Crippen molar-refractivity contribution in [2.24, 2.45) is 17.3 Å². The Morgan fingerprint density at radius 2 is 2.27 bits per heavy atom. The van der Waals surface area contributed by atoms with Crippen LogP contribution in [-0.2, 0) is 6.42 Å². The van der Waals surface area contributed by atoms with Gasteiger partial charge in [0.25, 0.3) is 0 Å². The van der Waals surface area contributed by atoms with Crippen LogP contribution >= 0.6 is 11.3 Å². The standard InChI is InChI=1S/C12H17NOS/c1-8-13-6-11(15-8)5-12(7-14)3-9-2-10(9)4-12/h6,9-10,14H,2-5,7H2,1H3. The number of hydrogen-bond donors (Lipinski definition) is 1. The molecule has 0 saturated heterocycles. The molecule has 3 rings (SSSR count). The van der Waals surface area contributed by atoms with Gasteiger partial charge >= 0.3 is 0 Å². The van der Waals surface area contributed by atoms with Crippen molar-refractivity contribution in [1.82, 2.24) is 4.98 Å². The lowest BCUT2D eigenvalue weighted by Gasteiger charge is -2.27. The van der Waals surface area contributed by atoms with Crippen molar-refractivity contribution < 1.29 is 5.11 Å². The topological polar surface area (TPSA) is 33.1 Å². The number of aliphatic hydroxyl groups is 1. The van der Waals surface area contributed by atoms with Crippen LogP contribution in [0, 0.1) is 24.2 Å².